The molecule has 0 amide bonds. The highest BCUT2D eigenvalue weighted by molar-refractivity contribution is 6.04. The highest BCUT2D eigenvalue weighted by Crippen LogP contribution is 2.31. The van der Waals surface area contributed by atoms with Crippen LogP contribution in [0, 0.1) is 11.3 Å². The van der Waals surface area contributed by atoms with Crippen LogP contribution in [0.3, 0.4) is 0 Å². The maximum Gasteiger partial charge on any atom is 0.417 e. The molecule has 0 bridgehead atoms. The van der Waals surface area contributed by atoms with Crippen molar-refractivity contribution in [2.75, 3.05) is 14.2 Å². The number of Topliss-reactive ketones (excluding diaryl/α,β-unsaturated/α-hetero) is 1. The van der Waals surface area contributed by atoms with E-state index in [4.69, 9.17) is 9.47 Å². The molecule has 1 aromatic heterocycles. The lowest BCUT2D eigenvalue weighted by Gasteiger charge is -2.13. The summed E-state index contributed by atoms with van der Waals surface area (Å²) in [4.78, 5) is 16.3. The fourth-order valence-corrected chi connectivity index (χ4v) is 2.16. The zero-order valence-electron chi connectivity index (χ0n) is 13.3. The fourth-order valence-electron chi connectivity index (χ4n) is 2.16. The van der Waals surface area contributed by atoms with Crippen LogP contribution in [0.5, 0.6) is 11.5 Å². The Hall–Kier alpha value is -3.08. The largest absolute Gasteiger partial charge is 0.497 e. The predicted octanol–water partition coefficient (Wildman–Crippen LogP) is 3.61. The Morgan fingerprint density at radius 3 is 2.40 bits per heavy atom. The molecule has 0 aliphatic rings. The maximum absolute atomic E-state index is 12.6. The number of hydrogen-bond donors (Lipinski definition) is 0. The van der Waals surface area contributed by atoms with Gasteiger partial charge in [-0.25, -0.2) is 0 Å². The second-order valence-electron chi connectivity index (χ2n) is 4.96. The van der Waals surface area contributed by atoms with Crippen molar-refractivity contribution in [2.45, 2.75) is 12.1 Å². The van der Waals surface area contributed by atoms with E-state index in [0.29, 0.717) is 11.9 Å². The molecule has 2 aromatic rings. The Bertz CT molecular complexity index is 811. The van der Waals surface area contributed by atoms with Gasteiger partial charge in [-0.2, -0.15) is 18.4 Å². The van der Waals surface area contributed by atoms with Crippen LogP contribution < -0.4 is 9.47 Å². The van der Waals surface area contributed by atoms with Crippen LogP contribution in [0.1, 0.15) is 27.5 Å². The average molecular weight is 350 g/mol. The summed E-state index contributed by atoms with van der Waals surface area (Å²) in [5, 5.41) is 9.31. The first kappa shape index (κ1) is 18.3. The summed E-state index contributed by atoms with van der Waals surface area (Å²) in [6.07, 6.45) is -3.95. The normalized spacial score (nSPS) is 12.2. The molecule has 1 heterocycles. The van der Waals surface area contributed by atoms with Gasteiger partial charge in [0.25, 0.3) is 0 Å². The van der Waals surface area contributed by atoms with E-state index in [2.05, 4.69) is 4.98 Å². The smallest absolute Gasteiger partial charge is 0.417 e. The molecule has 0 saturated carbocycles. The van der Waals surface area contributed by atoms with Gasteiger partial charge in [-0.15, -0.1) is 0 Å². The number of alkyl halides is 3. The Balaban J connectivity index is 2.38. The van der Waals surface area contributed by atoms with Crippen LogP contribution in [-0.2, 0) is 6.18 Å². The second kappa shape index (κ2) is 7.21. The molecule has 0 aliphatic carbocycles. The summed E-state index contributed by atoms with van der Waals surface area (Å²) in [5.41, 5.74) is -0.919. The third kappa shape index (κ3) is 3.88. The summed E-state index contributed by atoms with van der Waals surface area (Å²) in [6, 6.07) is 7.99. The van der Waals surface area contributed by atoms with E-state index in [-0.39, 0.29) is 17.0 Å². The molecule has 130 valence electrons. The van der Waals surface area contributed by atoms with E-state index in [9.17, 15) is 23.2 Å². The monoisotopic (exact) mass is 350 g/mol. The summed E-state index contributed by atoms with van der Waals surface area (Å²) in [6.45, 7) is 0. The van der Waals surface area contributed by atoms with Gasteiger partial charge in [-0.05, 0) is 24.3 Å². The molecular formula is C17H13F3N2O3. The van der Waals surface area contributed by atoms with Crippen LogP contribution in [0.15, 0.2) is 36.5 Å². The van der Waals surface area contributed by atoms with Crippen molar-refractivity contribution in [3.8, 4) is 17.6 Å². The molecule has 0 spiro atoms. The molecule has 2 rings (SSSR count). The highest BCUT2D eigenvalue weighted by Gasteiger charge is 2.32. The standard InChI is InChI=1S/C17H13F3N2O3/c1-24-11-4-5-12(15(7-11)25-2)16(23)13(8-21)14-6-3-10(9-22-14)17(18,19)20/h3-7,9,13H,1-2H3. The number of carbonyl (C=O) groups is 1. The van der Waals surface area contributed by atoms with Crippen molar-refractivity contribution >= 4 is 5.78 Å². The van der Waals surface area contributed by atoms with Crippen molar-refractivity contribution < 1.29 is 27.4 Å². The van der Waals surface area contributed by atoms with Crippen LogP contribution in [0.25, 0.3) is 0 Å². The molecular weight excluding hydrogens is 337 g/mol. The summed E-state index contributed by atoms with van der Waals surface area (Å²) < 4.78 is 47.9. The summed E-state index contributed by atoms with van der Waals surface area (Å²) >= 11 is 0. The Kier molecular flexibility index (Phi) is 5.27. The van der Waals surface area contributed by atoms with E-state index in [1.165, 1.54) is 32.4 Å². The van der Waals surface area contributed by atoms with Crippen molar-refractivity contribution in [3.63, 3.8) is 0 Å². The lowest BCUT2D eigenvalue weighted by atomic mass is 9.94. The molecule has 25 heavy (non-hydrogen) atoms. The number of aromatic nitrogens is 1. The summed E-state index contributed by atoms with van der Waals surface area (Å²) in [7, 11) is 2.80. The molecule has 0 aliphatic heterocycles. The van der Waals surface area contributed by atoms with Gasteiger partial charge in [0.1, 0.15) is 11.5 Å². The van der Waals surface area contributed by atoms with E-state index in [0.717, 1.165) is 12.1 Å². The number of methoxy groups -OCH3 is 2. The van der Waals surface area contributed by atoms with Crippen molar-refractivity contribution in [2.24, 2.45) is 0 Å². The van der Waals surface area contributed by atoms with Gasteiger partial charge >= 0.3 is 6.18 Å². The average Bonchev–Trinajstić information content (AvgIpc) is 2.61. The number of halogens is 3. The number of nitriles is 1. The van der Waals surface area contributed by atoms with Gasteiger partial charge in [0.2, 0.25) is 0 Å². The first-order chi connectivity index (χ1) is 11.8. The lowest BCUT2D eigenvalue weighted by Crippen LogP contribution is -2.15. The number of rotatable bonds is 5. The zero-order valence-corrected chi connectivity index (χ0v) is 13.3. The van der Waals surface area contributed by atoms with Crippen LogP contribution >= 0.6 is 0 Å². The highest BCUT2D eigenvalue weighted by atomic mass is 19.4. The van der Waals surface area contributed by atoms with Crippen LogP contribution in [0.4, 0.5) is 13.2 Å². The first-order valence-electron chi connectivity index (χ1n) is 7.00. The molecule has 0 N–H and O–H groups in total. The molecule has 8 heteroatoms. The molecule has 5 nitrogen and oxygen atoms in total. The first-order valence-corrected chi connectivity index (χ1v) is 7.00. The topological polar surface area (TPSA) is 72.2 Å². The van der Waals surface area contributed by atoms with Gasteiger partial charge in [0.15, 0.2) is 11.7 Å². The minimum Gasteiger partial charge on any atom is -0.497 e. The van der Waals surface area contributed by atoms with Gasteiger partial charge in [0.05, 0.1) is 37.1 Å². The fraction of sp³-hybridized carbons (Fsp3) is 0.235. The van der Waals surface area contributed by atoms with E-state index in [1.54, 1.807) is 6.07 Å². The van der Waals surface area contributed by atoms with Gasteiger partial charge in [-0.1, -0.05) is 0 Å². The number of pyridine rings is 1. The molecule has 0 saturated heterocycles. The Labute approximate surface area is 141 Å². The SMILES string of the molecule is COc1ccc(C(=O)C(C#N)c2ccc(C(F)(F)F)cn2)c(OC)c1. The lowest BCUT2D eigenvalue weighted by molar-refractivity contribution is -0.137. The Morgan fingerprint density at radius 2 is 1.92 bits per heavy atom. The number of hydrogen-bond acceptors (Lipinski definition) is 5. The molecule has 0 radical (unpaired) electrons. The van der Waals surface area contributed by atoms with E-state index in [1.807, 2.05) is 0 Å². The maximum atomic E-state index is 12.6. The van der Waals surface area contributed by atoms with Gasteiger partial charge in [-0.3, -0.25) is 9.78 Å². The molecule has 1 aromatic carbocycles. The zero-order chi connectivity index (χ0) is 18.6. The van der Waals surface area contributed by atoms with E-state index >= 15 is 0 Å². The molecule has 1 unspecified atom stereocenters. The number of ether oxygens (including phenoxy) is 2. The third-order valence-electron chi connectivity index (χ3n) is 3.47. The Morgan fingerprint density at radius 1 is 1.20 bits per heavy atom. The van der Waals surface area contributed by atoms with Crippen molar-refractivity contribution in [3.05, 3.63) is 53.3 Å². The number of nitrogens with zero attached hydrogens (tertiary/aromatic N) is 2. The minimum absolute atomic E-state index is 0.0710. The second-order valence-corrected chi connectivity index (χ2v) is 4.96. The van der Waals surface area contributed by atoms with Crippen molar-refractivity contribution in [1.82, 2.24) is 4.98 Å². The predicted molar refractivity (Wildman–Crippen MR) is 81.5 cm³/mol. The third-order valence-corrected chi connectivity index (χ3v) is 3.47. The molecule has 1 atom stereocenters. The quantitative estimate of drug-likeness (QED) is 0.771. The number of ketones is 1. The minimum atomic E-state index is -4.54. The van der Waals surface area contributed by atoms with Gasteiger partial charge < -0.3 is 9.47 Å². The number of benzene rings is 1. The molecule has 0 fully saturated rings. The van der Waals surface area contributed by atoms with E-state index < -0.39 is 23.4 Å². The van der Waals surface area contributed by atoms with Crippen molar-refractivity contribution in [1.29, 1.82) is 5.26 Å². The van der Waals surface area contributed by atoms with Crippen LogP contribution in [0.2, 0.25) is 0 Å². The van der Waals surface area contributed by atoms with Crippen LogP contribution in [-0.4, -0.2) is 25.0 Å². The van der Waals surface area contributed by atoms with Gasteiger partial charge in [0, 0.05) is 12.3 Å². The summed E-state index contributed by atoms with van der Waals surface area (Å²) in [5.74, 6) is -1.34. The number of carbonyl (C=O) groups excluding carboxylic acids is 1.